The highest BCUT2D eigenvalue weighted by molar-refractivity contribution is 5.42. The Bertz CT molecular complexity index is 817. The molecule has 0 aromatic heterocycles. The topological polar surface area (TPSA) is 30.5 Å². The second-order valence-electron chi connectivity index (χ2n) is 8.24. The van der Waals surface area contributed by atoms with E-state index in [-0.39, 0.29) is 24.8 Å². The molecular formula is C24H28F3NO2. The lowest BCUT2D eigenvalue weighted by Crippen LogP contribution is -2.37. The van der Waals surface area contributed by atoms with Crippen molar-refractivity contribution >= 4 is 0 Å². The van der Waals surface area contributed by atoms with E-state index in [1.807, 2.05) is 30.3 Å². The van der Waals surface area contributed by atoms with Crippen molar-refractivity contribution in [3.05, 3.63) is 59.7 Å². The summed E-state index contributed by atoms with van der Waals surface area (Å²) in [5, 5.41) is 3.03. The van der Waals surface area contributed by atoms with Gasteiger partial charge in [0.1, 0.15) is 17.6 Å². The molecule has 0 radical (unpaired) electrons. The molecule has 1 aliphatic heterocycles. The molecule has 30 heavy (non-hydrogen) atoms. The summed E-state index contributed by atoms with van der Waals surface area (Å²) in [6, 6.07) is 16.4. The van der Waals surface area contributed by atoms with Gasteiger partial charge in [0.25, 0.3) is 0 Å². The molecule has 1 atom stereocenters. The maximum Gasteiger partial charge on any atom is 0.390 e. The van der Waals surface area contributed by atoms with Gasteiger partial charge in [-0.3, -0.25) is 0 Å². The molecule has 0 amide bonds. The van der Waals surface area contributed by atoms with Gasteiger partial charge in [-0.25, -0.2) is 0 Å². The highest BCUT2D eigenvalue weighted by Gasteiger charge is 2.28. The van der Waals surface area contributed by atoms with Gasteiger partial charge in [-0.15, -0.1) is 0 Å². The summed E-state index contributed by atoms with van der Waals surface area (Å²) in [5.74, 6) is 1.77. The SMILES string of the molecule is FC(F)(F)CCN[C@H]1CC[C@H](Oc2ccc3c(c2)CCC(c2ccccc2)O3)CC1. The van der Waals surface area contributed by atoms with E-state index in [0.29, 0.717) is 0 Å². The lowest BCUT2D eigenvalue weighted by molar-refractivity contribution is -0.133. The van der Waals surface area contributed by atoms with Crippen LogP contribution in [0.2, 0.25) is 0 Å². The number of alkyl halides is 3. The minimum atomic E-state index is -4.09. The molecule has 0 bridgehead atoms. The van der Waals surface area contributed by atoms with Gasteiger partial charge in [0.2, 0.25) is 0 Å². The summed E-state index contributed by atoms with van der Waals surface area (Å²) in [5.41, 5.74) is 2.37. The van der Waals surface area contributed by atoms with E-state index in [2.05, 4.69) is 23.5 Å². The largest absolute Gasteiger partial charge is 0.490 e. The summed E-state index contributed by atoms with van der Waals surface area (Å²) >= 11 is 0. The van der Waals surface area contributed by atoms with Crippen molar-refractivity contribution in [1.82, 2.24) is 5.32 Å². The zero-order valence-corrected chi connectivity index (χ0v) is 17.0. The van der Waals surface area contributed by atoms with Crippen LogP contribution in [-0.2, 0) is 6.42 Å². The van der Waals surface area contributed by atoms with E-state index in [1.54, 1.807) is 0 Å². The van der Waals surface area contributed by atoms with Gasteiger partial charge in [0, 0.05) is 12.6 Å². The van der Waals surface area contributed by atoms with E-state index in [9.17, 15) is 13.2 Å². The van der Waals surface area contributed by atoms with Crippen LogP contribution >= 0.6 is 0 Å². The fourth-order valence-electron chi connectivity index (χ4n) is 4.34. The van der Waals surface area contributed by atoms with Crippen LogP contribution in [0, 0.1) is 0 Å². The average Bonchev–Trinajstić information content (AvgIpc) is 2.74. The quantitative estimate of drug-likeness (QED) is 0.624. The van der Waals surface area contributed by atoms with Gasteiger partial charge in [0.05, 0.1) is 12.5 Å². The lowest BCUT2D eigenvalue weighted by Gasteiger charge is -2.30. The Morgan fingerprint density at radius 2 is 1.73 bits per heavy atom. The predicted octanol–water partition coefficient (Wildman–Crippen LogP) is 5.98. The second-order valence-corrected chi connectivity index (χ2v) is 8.24. The Labute approximate surface area is 175 Å². The van der Waals surface area contributed by atoms with E-state index in [4.69, 9.17) is 9.47 Å². The molecule has 0 saturated heterocycles. The molecule has 2 aliphatic rings. The Hall–Kier alpha value is -2.21. The molecule has 2 aromatic rings. The molecule has 1 saturated carbocycles. The Morgan fingerprint density at radius 1 is 0.967 bits per heavy atom. The first-order valence-corrected chi connectivity index (χ1v) is 10.8. The van der Waals surface area contributed by atoms with Gasteiger partial charge in [-0.1, -0.05) is 30.3 Å². The van der Waals surface area contributed by atoms with Crippen LogP contribution in [0.4, 0.5) is 13.2 Å². The summed E-state index contributed by atoms with van der Waals surface area (Å²) < 4.78 is 49.2. The van der Waals surface area contributed by atoms with Crippen molar-refractivity contribution in [3.8, 4) is 11.5 Å². The van der Waals surface area contributed by atoms with Gasteiger partial charge < -0.3 is 14.8 Å². The van der Waals surface area contributed by atoms with E-state index < -0.39 is 12.6 Å². The third kappa shape index (κ3) is 5.69. The lowest BCUT2D eigenvalue weighted by atomic mass is 9.92. The zero-order chi connectivity index (χ0) is 21.0. The highest BCUT2D eigenvalue weighted by Crippen LogP contribution is 2.37. The van der Waals surface area contributed by atoms with Gasteiger partial charge in [-0.2, -0.15) is 13.2 Å². The van der Waals surface area contributed by atoms with Gasteiger partial charge in [0.15, 0.2) is 0 Å². The molecule has 1 N–H and O–H groups in total. The standard InChI is InChI=1S/C24H28F3NO2/c25-24(26,27)14-15-28-19-7-9-20(10-8-19)29-21-11-13-23-18(16-21)6-12-22(30-23)17-4-2-1-3-5-17/h1-5,11,13,16,19-20,22,28H,6-10,12,14-15H2/t19-,20-,22?. The van der Waals surface area contributed by atoms with E-state index >= 15 is 0 Å². The molecule has 1 fully saturated rings. The van der Waals surface area contributed by atoms with Crippen molar-refractivity contribution in [1.29, 1.82) is 0 Å². The van der Waals surface area contributed by atoms with Crippen LogP contribution in [0.15, 0.2) is 48.5 Å². The van der Waals surface area contributed by atoms with E-state index in [1.165, 1.54) is 11.1 Å². The first-order valence-electron chi connectivity index (χ1n) is 10.8. The van der Waals surface area contributed by atoms with Crippen LogP contribution < -0.4 is 14.8 Å². The minimum absolute atomic E-state index is 0.00547. The first kappa shape index (κ1) is 21.0. The Morgan fingerprint density at radius 3 is 2.47 bits per heavy atom. The maximum absolute atomic E-state index is 12.3. The third-order valence-corrected chi connectivity index (χ3v) is 5.97. The van der Waals surface area contributed by atoms with Crippen LogP contribution in [-0.4, -0.2) is 24.9 Å². The fraction of sp³-hybridized carbons (Fsp3) is 0.500. The molecular weight excluding hydrogens is 391 g/mol. The minimum Gasteiger partial charge on any atom is -0.490 e. The van der Waals surface area contributed by atoms with Gasteiger partial charge in [-0.05, 0) is 67.9 Å². The number of rotatable bonds is 6. The number of benzene rings is 2. The van der Waals surface area contributed by atoms with Gasteiger partial charge >= 0.3 is 6.18 Å². The number of ether oxygens (including phenoxy) is 2. The number of hydrogen-bond donors (Lipinski definition) is 1. The van der Waals surface area contributed by atoms with Crippen molar-refractivity contribution in [2.24, 2.45) is 0 Å². The summed E-state index contributed by atoms with van der Waals surface area (Å²) in [6.45, 7) is -0.00547. The number of nitrogens with one attached hydrogen (secondary N) is 1. The highest BCUT2D eigenvalue weighted by atomic mass is 19.4. The smallest absolute Gasteiger partial charge is 0.390 e. The van der Waals surface area contributed by atoms with E-state index in [0.717, 1.165) is 50.0 Å². The normalized spacial score (nSPS) is 24.0. The van der Waals surface area contributed by atoms with Crippen LogP contribution in [0.3, 0.4) is 0 Å². The van der Waals surface area contributed by atoms with Crippen LogP contribution in [0.5, 0.6) is 11.5 Å². The molecule has 2 aromatic carbocycles. The first-order chi connectivity index (χ1) is 14.5. The molecule has 0 spiro atoms. The number of hydrogen-bond acceptors (Lipinski definition) is 3. The maximum atomic E-state index is 12.3. The average molecular weight is 419 g/mol. The monoisotopic (exact) mass is 419 g/mol. The Balaban J connectivity index is 1.26. The molecule has 162 valence electrons. The molecule has 4 rings (SSSR count). The van der Waals surface area contributed by atoms with Crippen molar-refractivity contribution < 1.29 is 22.6 Å². The number of fused-ring (bicyclic) bond motifs is 1. The summed E-state index contributed by atoms with van der Waals surface area (Å²) in [6.07, 6.45) is 0.620. The fourth-order valence-corrected chi connectivity index (χ4v) is 4.34. The molecule has 1 heterocycles. The van der Waals surface area contributed by atoms with Crippen molar-refractivity contribution in [3.63, 3.8) is 0 Å². The summed E-state index contributed by atoms with van der Waals surface area (Å²) in [4.78, 5) is 0. The van der Waals surface area contributed by atoms with Crippen LogP contribution in [0.25, 0.3) is 0 Å². The molecule has 1 unspecified atom stereocenters. The number of halogens is 3. The summed E-state index contributed by atoms with van der Waals surface area (Å²) in [7, 11) is 0. The molecule has 1 aliphatic carbocycles. The predicted molar refractivity (Wildman–Crippen MR) is 110 cm³/mol. The Kier molecular flexibility index (Phi) is 6.52. The van der Waals surface area contributed by atoms with Crippen molar-refractivity contribution in [2.45, 2.75) is 69.4 Å². The second kappa shape index (κ2) is 9.29. The molecule has 6 heteroatoms. The van der Waals surface area contributed by atoms with Crippen molar-refractivity contribution in [2.75, 3.05) is 6.54 Å². The van der Waals surface area contributed by atoms with Crippen LogP contribution in [0.1, 0.15) is 55.8 Å². The number of aryl methyl sites for hydroxylation is 1. The zero-order valence-electron chi connectivity index (χ0n) is 17.0. The molecule has 3 nitrogen and oxygen atoms in total. The third-order valence-electron chi connectivity index (χ3n) is 5.97.